The van der Waals surface area contributed by atoms with Crippen LogP contribution < -0.4 is 11.1 Å². The van der Waals surface area contributed by atoms with Crippen LogP contribution in [-0.4, -0.2) is 12.5 Å². The van der Waals surface area contributed by atoms with Gasteiger partial charge in [0.2, 0.25) is 5.91 Å². The van der Waals surface area contributed by atoms with Gasteiger partial charge in [0.05, 0.1) is 6.54 Å². The Hall–Kier alpha value is -1.79. The van der Waals surface area contributed by atoms with Crippen LogP contribution in [0.3, 0.4) is 0 Å². The minimum absolute atomic E-state index is 0.0603. The monoisotopic (exact) mass is 244 g/mol. The summed E-state index contributed by atoms with van der Waals surface area (Å²) in [5.41, 5.74) is 7.01. The van der Waals surface area contributed by atoms with Gasteiger partial charge in [-0.05, 0) is 30.2 Å². The third kappa shape index (κ3) is 5.03. The fraction of sp³-hybridized carbons (Fsp3) is 0.400. The molecule has 0 radical (unpaired) electrons. The summed E-state index contributed by atoms with van der Waals surface area (Å²) < 4.78 is 0. The summed E-state index contributed by atoms with van der Waals surface area (Å²) in [5, 5.41) is 2.88. The summed E-state index contributed by atoms with van der Waals surface area (Å²) in [6, 6.07) is 7.47. The Kier molecular flexibility index (Phi) is 5.96. The highest BCUT2D eigenvalue weighted by molar-refractivity contribution is 5.90. The zero-order valence-electron chi connectivity index (χ0n) is 11.0. The zero-order valence-corrected chi connectivity index (χ0v) is 11.0. The molecule has 1 amide bonds. The maximum Gasteiger partial charge on any atom is 0.224 e. The quantitative estimate of drug-likeness (QED) is 0.799. The van der Waals surface area contributed by atoms with Gasteiger partial charge in [0.25, 0.3) is 0 Å². The minimum Gasteiger partial charge on any atom is -0.326 e. The van der Waals surface area contributed by atoms with Gasteiger partial charge in [0, 0.05) is 17.7 Å². The molecule has 0 aliphatic rings. The van der Waals surface area contributed by atoms with E-state index in [1.807, 2.05) is 24.3 Å². The molecule has 1 atom stereocenters. The largest absolute Gasteiger partial charge is 0.326 e. The van der Waals surface area contributed by atoms with Crippen molar-refractivity contribution in [2.24, 2.45) is 11.7 Å². The zero-order chi connectivity index (χ0) is 13.4. The summed E-state index contributed by atoms with van der Waals surface area (Å²) in [6.07, 6.45) is 1.58. The third-order valence-corrected chi connectivity index (χ3v) is 2.73. The molecule has 3 N–H and O–H groups in total. The molecule has 96 valence electrons. The van der Waals surface area contributed by atoms with Crippen LogP contribution >= 0.6 is 0 Å². The molecule has 3 nitrogen and oxygen atoms in total. The molecule has 1 unspecified atom stereocenters. The van der Waals surface area contributed by atoms with Gasteiger partial charge >= 0.3 is 0 Å². The number of carbonyl (C=O) groups is 1. The molecule has 1 rings (SSSR count). The smallest absolute Gasteiger partial charge is 0.224 e. The maximum absolute atomic E-state index is 11.7. The first-order chi connectivity index (χ1) is 8.65. The number of anilines is 1. The lowest BCUT2D eigenvalue weighted by Gasteiger charge is -2.09. The highest BCUT2D eigenvalue weighted by Crippen LogP contribution is 2.12. The first kappa shape index (κ1) is 14.3. The normalized spacial score (nSPS) is 11.3. The summed E-state index contributed by atoms with van der Waals surface area (Å²) in [7, 11) is 0. The van der Waals surface area contributed by atoms with Crippen LogP contribution in [0, 0.1) is 17.8 Å². The number of rotatable bonds is 4. The van der Waals surface area contributed by atoms with Crippen molar-refractivity contribution in [3.63, 3.8) is 0 Å². The number of carbonyl (C=O) groups excluding carboxylic acids is 1. The molecule has 0 heterocycles. The molecule has 1 aromatic rings. The molecule has 0 aliphatic heterocycles. The van der Waals surface area contributed by atoms with Crippen molar-refractivity contribution in [3.8, 4) is 11.8 Å². The van der Waals surface area contributed by atoms with Crippen molar-refractivity contribution in [3.05, 3.63) is 29.8 Å². The van der Waals surface area contributed by atoms with Crippen LogP contribution in [-0.2, 0) is 4.79 Å². The lowest BCUT2D eigenvalue weighted by Crippen LogP contribution is -2.14. The highest BCUT2D eigenvalue weighted by Gasteiger charge is 2.07. The topological polar surface area (TPSA) is 55.1 Å². The van der Waals surface area contributed by atoms with Crippen molar-refractivity contribution in [1.82, 2.24) is 0 Å². The molecular formula is C15H20N2O. The minimum atomic E-state index is 0.0603. The number of benzene rings is 1. The van der Waals surface area contributed by atoms with Gasteiger partial charge in [-0.3, -0.25) is 4.79 Å². The van der Waals surface area contributed by atoms with E-state index in [2.05, 4.69) is 31.0 Å². The van der Waals surface area contributed by atoms with Crippen molar-refractivity contribution in [2.75, 3.05) is 11.9 Å². The van der Waals surface area contributed by atoms with Crippen molar-refractivity contribution >= 4 is 11.6 Å². The van der Waals surface area contributed by atoms with Crippen LogP contribution in [0.4, 0.5) is 5.69 Å². The Morgan fingerprint density at radius 2 is 2.06 bits per heavy atom. The van der Waals surface area contributed by atoms with E-state index in [4.69, 9.17) is 5.73 Å². The summed E-state index contributed by atoms with van der Waals surface area (Å²) in [6.45, 7) is 4.52. The molecule has 0 fully saturated rings. The lowest BCUT2D eigenvalue weighted by atomic mass is 10.0. The average Bonchev–Trinajstić information content (AvgIpc) is 2.37. The van der Waals surface area contributed by atoms with Gasteiger partial charge in [0.15, 0.2) is 0 Å². The number of nitrogens with one attached hydrogen (secondary N) is 1. The molecule has 1 aromatic carbocycles. The van der Waals surface area contributed by atoms with E-state index in [1.165, 1.54) is 0 Å². The van der Waals surface area contributed by atoms with Crippen molar-refractivity contribution < 1.29 is 4.79 Å². The van der Waals surface area contributed by atoms with Gasteiger partial charge in [0.1, 0.15) is 0 Å². The number of amides is 1. The fourth-order valence-corrected chi connectivity index (χ4v) is 1.46. The van der Waals surface area contributed by atoms with E-state index in [0.29, 0.717) is 18.9 Å². The molecule has 0 saturated carbocycles. The summed E-state index contributed by atoms with van der Waals surface area (Å²) >= 11 is 0. The van der Waals surface area contributed by atoms with Gasteiger partial charge in [-0.1, -0.05) is 32.1 Å². The lowest BCUT2D eigenvalue weighted by molar-refractivity contribution is -0.117. The van der Waals surface area contributed by atoms with Gasteiger partial charge in [-0.2, -0.15) is 0 Å². The van der Waals surface area contributed by atoms with E-state index in [-0.39, 0.29) is 5.91 Å². The van der Waals surface area contributed by atoms with Crippen LogP contribution in [0.5, 0.6) is 0 Å². The van der Waals surface area contributed by atoms with Crippen LogP contribution in [0.1, 0.15) is 32.3 Å². The standard InChI is InChI=1S/C15H20N2O/c1-3-12(2)11-15(18)17-14-8-6-13(7-9-14)5-4-10-16/h6-9,12H,3,10-11,16H2,1-2H3,(H,17,18). The molecule has 0 aliphatic carbocycles. The van der Waals surface area contributed by atoms with E-state index in [1.54, 1.807) is 0 Å². The second-order valence-electron chi connectivity index (χ2n) is 4.35. The fourth-order valence-electron chi connectivity index (χ4n) is 1.46. The van der Waals surface area contributed by atoms with Crippen LogP contribution in [0.25, 0.3) is 0 Å². The molecule has 0 aromatic heterocycles. The Morgan fingerprint density at radius 1 is 1.39 bits per heavy atom. The van der Waals surface area contributed by atoms with E-state index >= 15 is 0 Å². The molecule has 0 bridgehead atoms. The predicted molar refractivity (Wildman–Crippen MR) is 75.1 cm³/mol. The molecule has 0 saturated heterocycles. The second-order valence-corrected chi connectivity index (χ2v) is 4.35. The predicted octanol–water partition coefficient (Wildman–Crippen LogP) is 2.37. The number of hydrogen-bond donors (Lipinski definition) is 2. The van der Waals surface area contributed by atoms with Crippen molar-refractivity contribution in [2.45, 2.75) is 26.7 Å². The van der Waals surface area contributed by atoms with E-state index in [9.17, 15) is 4.79 Å². The molecule has 0 spiro atoms. The second kappa shape index (κ2) is 7.52. The van der Waals surface area contributed by atoms with E-state index < -0.39 is 0 Å². The Balaban J connectivity index is 2.55. The first-order valence-electron chi connectivity index (χ1n) is 6.24. The van der Waals surface area contributed by atoms with Crippen LogP contribution in [0.2, 0.25) is 0 Å². The molecule has 3 heteroatoms. The number of hydrogen-bond acceptors (Lipinski definition) is 2. The van der Waals surface area contributed by atoms with Gasteiger partial charge < -0.3 is 11.1 Å². The Morgan fingerprint density at radius 3 is 2.61 bits per heavy atom. The Labute approximate surface area is 109 Å². The molecule has 18 heavy (non-hydrogen) atoms. The van der Waals surface area contributed by atoms with Crippen LogP contribution in [0.15, 0.2) is 24.3 Å². The maximum atomic E-state index is 11.7. The summed E-state index contributed by atoms with van der Waals surface area (Å²) in [5.74, 6) is 6.20. The van der Waals surface area contributed by atoms with Gasteiger partial charge in [-0.25, -0.2) is 0 Å². The number of nitrogens with two attached hydrogens (primary N) is 1. The average molecular weight is 244 g/mol. The first-order valence-corrected chi connectivity index (χ1v) is 6.24. The SMILES string of the molecule is CCC(C)CC(=O)Nc1ccc(C#CCN)cc1. The molecular weight excluding hydrogens is 224 g/mol. The Bertz CT molecular complexity index is 440. The van der Waals surface area contributed by atoms with E-state index in [0.717, 1.165) is 17.7 Å². The van der Waals surface area contributed by atoms with Crippen molar-refractivity contribution in [1.29, 1.82) is 0 Å². The highest BCUT2D eigenvalue weighted by atomic mass is 16.1. The third-order valence-electron chi connectivity index (χ3n) is 2.73. The van der Waals surface area contributed by atoms with Gasteiger partial charge in [-0.15, -0.1) is 0 Å². The summed E-state index contributed by atoms with van der Waals surface area (Å²) in [4.78, 5) is 11.7.